The van der Waals surface area contributed by atoms with Crippen LogP contribution >= 0.6 is 0 Å². The number of rotatable bonds is 5. The Morgan fingerprint density at radius 1 is 1.04 bits per heavy atom. The van der Waals surface area contributed by atoms with E-state index >= 15 is 0 Å². The molecular formula is C18H24N2O2Si. The fourth-order valence-corrected chi connectivity index (χ4v) is 3.40. The normalized spacial score (nSPS) is 12.6. The number of anilines is 1. The second-order valence-corrected chi connectivity index (χ2v) is 11.6. The highest BCUT2D eigenvalue weighted by Gasteiger charge is 2.18. The molecule has 0 radical (unpaired) electrons. The van der Waals surface area contributed by atoms with Crippen molar-refractivity contribution in [3.63, 3.8) is 0 Å². The number of benzene rings is 2. The Kier molecular flexibility index (Phi) is 5.23. The summed E-state index contributed by atoms with van der Waals surface area (Å²) in [6.07, 6.45) is 0. The van der Waals surface area contributed by atoms with Gasteiger partial charge in [0.05, 0.1) is 15.2 Å². The first-order valence-electron chi connectivity index (χ1n) is 7.62. The second-order valence-electron chi connectivity index (χ2n) is 6.57. The van der Waals surface area contributed by atoms with Crippen molar-refractivity contribution in [1.29, 1.82) is 0 Å². The standard InChI is InChI=1S/C18H24N2O2Si/c1-22-15-9-5-13(6-10-15)17(19)18(21)20-14-7-11-16(12-8-14)23(2,3)4/h5-12,17H,19H2,1-4H3,(H,20,21)/t17-/m0/s1. The Bertz CT molecular complexity index is 661. The number of hydrogen-bond donors (Lipinski definition) is 2. The van der Waals surface area contributed by atoms with Crippen molar-refractivity contribution in [1.82, 2.24) is 0 Å². The third kappa shape index (κ3) is 4.43. The Morgan fingerprint density at radius 2 is 1.61 bits per heavy atom. The molecule has 0 saturated heterocycles. The second kappa shape index (κ2) is 6.98. The zero-order valence-corrected chi connectivity index (χ0v) is 15.1. The molecule has 2 aromatic carbocycles. The van der Waals surface area contributed by atoms with Gasteiger partial charge >= 0.3 is 0 Å². The molecule has 0 aliphatic rings. The summed E-state index contributed by atoms with van der Waals surface area (Å²) in [7, 11) is 0.274. The van der Waals surface area contributed by atoms with Crippen LogP contribution in [0.2, 0.25) is 19.6 Å². The van der Waals surface area contributed by atoms with Crippen LogP contribution in [0.15, 0.2) is 48.5 Å². The fourth-order valence-electron chi connectivity index (χ4n) is 2.24. The lowest BCUT2D eigenvalue weighted by molar-refractivity contribution is -0.117. The Balaban J connectivity index is 2.05. The molecule has 2 aromatic rings. The van der Waals surface area contributed by atoms with E-state index in [1.165, 1.54) is 5.19 Å². The highest BCUT2D eigenvalue weighted by atomic mass is 28.3. The summed E-state index contributed by atoms with van der Waals surface area (Å²) in [6.45, 7) is 6.88. The van der Waals surface area contributed by atoms with Gasteiger partial charge in [-0.25, -0.2) is 0 Å². The van der Waals surface area contributed by atoms with Crippen LogP contribution in [-0.2, 0) is 4.79 Å². The predicted molar refractivity (Wildman–Crippen MR) is 98.0 cm³/mol. The number of carbonyl (C=O) groups is 1. The quantitative estimate of drug-likeness (QED) is 0.830. The van der Waals surface area contributed by atoms with E-state index in [1.807, 2.05) is 12.1 Å². The third-order valence-corrected chi connectivity index (χ3v) is 5.84. The number of nitrogens with two attached hydrogens (primary N) is 1. The first kappa shape index (κ1) is 17.2. The van der Waals surface area contributed by atoms with Gasteiger partial charge in [0.25, 0.3) is 0 Å². The minimum Gasteiger partial charge on any atom is -0.497 e. The molecule has 4 nitrogen and oxygen atoms in total. The Labute approximate surface area is 138 Å². The van der Waals surface area contributed by atoms with Crippen molar-refractivity contribution in [2.75, 3.05) is 12.4 Å². The minimum atomic E-state index is -1.33. The van der Waals surface area contributed by atoms with Crippen molar-refractivity contribution in [2.24, 2.45) is 5.73 Å². The molecule has 0 bridgehead atoms. The molecule has 0 saturated carbocycles. The van der Waals surface area contributed by atoms with E-state index in [2.05, 4.69) is 37.1 Å². The van der Waals surface area contributed by atoms with E-state index in [0.717, 1.165) is 17.0 Å². The highest BCUT2D eigenvalue weighted by Crippen LogP contribution is 2.18. The van der Waals surface area contributed by atoms with Gasteiger partial charge < -0.3 is 15.8 Å². The summed E-state index contributed by atoms with van der Waals surface area (Å²) in [4.78, 5) is 12.3. The van der Waals surface area contributed by atoms with Crippen LogP contribution in [0.25, 0.3) is 0 Å². The van der Waals surface area contributed by atoms with Gasteiger partial charge in [-0.2, -0.15) is 0 Å². The maximum Gasteiger partial charge on any atom is 0.245 e. The fraction of sp³-hybridized carbons (Fsp3) is 0.278. The Hall–Kier alpha value is -2.11. The zero-order chi connectivity index (χ0) is 17.0. The van der Waals surface area contributed by atoms with Crippen molar-refractivity contribution in [3.8, 4) is 5.75 Å². The van der Waals surface area contributed by atoms with Gasteiger partial charge in [0.1, 0.15) is 11.8 Å². The van der Waals surface area contributed by atoms with E-state index in [9.17, 15) is 4.79 Å². The van der Waals surface area contributed by atoms with Gasteiger partial charge in [0.15, 0.2) is 0 Å². The van der Waals surface area contributed by atoms with Crippen LogP contribution in [0.1, 0.15) is 11.6 Å². The smallest absolute Gasteiger partial charge is 0.245 e. The van der Waals surface area contributed by atoms with Gasteiger partial charge in [-0.1, -0.05) is 49.1 Å². The van der Waals surface area contributed by atoms with Crippen LogP contribution in [0.3, 0.4) is 0 Å². The molecule has 0 spiro atoms. The molecule has 0 aliphatic carbocycles. The van der Waals surface area contributed by atoms with Crippen LogP contribution in [-0.4, -0.2) is 21.1 Å². The van der Waals surface area contributed by atoms with Crippen LogP contribution in [0, 0.1) is 0 Å². The monoisotopic (exact) mass is 328 g/mol. The molecule has 122 valence electrons. The lowest BCUT2D eigenvalue weighted by atomic mass is 10.1. The molecular weight excluding hydrogens is 304 g/mol. The van der Waals surface area contributed by atoms with Crippen LogP contribution in [0.4, 0.5) is 5.69 Å². The SMILES string of the molecule is COc1ccc([C@H](N)C(=O)Nc2ccc([Si](C)(C)C)cc2)cc1. The molecule has 0 unspecified atom stereocenters. The van der Waals surface area contributed by atoms with Gasteiger partial charge in [-0.15, -0.1) is 0 Å². The average Bonchev–Trinajstić information content (AvgIpc) is 2.54. The molecule has 0 fully saturated rings. The van der Waals surface area contributed by atoms with Crippen molar-refractivity contribution in [3.05, 3.63) is 54.1 Å². The minimum absolute atomic E-state index is 0.226. The summed E-state index contributed by atoms with van der Waals surface area (Å²) in [5.41, 5.74) is 7.55. The van der Waals surface area contributed by atoms with Crippen molar-refractivity contribution < 1.29 is 9.53 Å². The Morgan fingerprint density at radius 3 is 2.09 bits per heavy atom. The number of nitrogens with one attached hydrogen (secondary N) is 1. The van der Waals surface area contributed by atoms with E-state index in [0.29, 0.717) is 0 Å². The summed E-state index contributed by atoms with van der Waals surface area (Å²) >= 11 is 0. The molecule has 0 heterocycles. The molecule has 23 heavy (non-hydrogen) atoms. The van der Waals surface area contributed by atoms with Crippen molar-refractivity contribution >= 4 is 24.9 Å². The molecule has 5 heteroatoms. The number of carbonyl (C=O) groups excluding carboxylic acids is 1. The summed E-state index contributed by atoms with van der Waals surface area (Å²) in [5.74, 6) is 0.513. The summed E-state index contributed by atoms with van der Waals surface area (Å²) in [5, 5.41) is 4.22. The van der Waals surface area contributed by atoms with Gasteiger partial charge in [-0.3, -0.25) is 4.79 Å². The molecule has 3 N–H and O–H groups in total. The molecule has 0 aliphatic heterocycles. The largest absolute Gasteiger partial charge is 0.497 e. The van der Waals surface area contributed by atoms with E-state index in [-0.39, 0.29) is 5.91 Å². The first-order valence-corrected chi connectivity index (χ1v) is 11.1. The van der Waals surface area contributed by atoms with E-state index in [1.54, 1.807) is 31.4 Å². The zero-order valence-electron chi connectivity index (χ0n) is 14.1. The maximum atomic E-state index is 12.3. The maximum absolute atomic E-state index is 12.3. The van der Waals surface area contributed by atoms with E-state index in [4.69, 9.17) is 10.5 Å². The molecule has 1 atom stereocenters. The van der Waals surface area contributed by atoms with Gasteiger partial charge in [-0.05, 0) is 29.8 Å². The topological polar surface area (TPSA) is 64.3 Å². The lowest BCUT2D eigenvalue weighted by Gasteiger charge is -2.17. The lowest BCUT2D eigenvalue weighted by Crippen LogP contribution is -2.37. The number of amides is 1. The van der Waals surface area contributed by atoms with E-state index < -0.39 is 14.1 Å². The average molecular weight is 328 g/mol. The van der Waals surface area contributed by atoms with Gasteiger partial charge in [0, 0.05) is 5.69 Å². The number of methoxy groups -OCH3 is 1. The van der Waals surface area contributed by atoms with Crippen molar-refractivity contribution in [2.45, 2.75) is 25.7 Å². The molecule has 2 rings (SSSR count). The predicted octanol–water partition coefficient (Wildman–Crippen LogP) is 2.88. The number of hydrogen-bond acceptors (Lipinski definition) is 3. The van der Waals surface area contributed by atoms with Crippen LogP contribution in [0.5, 0.6) is 5.75 Å². The third-order valence-electron chi connectivity index (χ3n) is 3.78. The number of ether oxygens (including phenoxy) is 1. The summed E-state index contributed by atoms with van der Waals surface area (Å²) in [6, 6.07) is 14.5. The first-order chi connectivity index (χ1) is 10.8. The summed E-state index contributed by atoms with van der Waals surface area (Å²) < 4.78 is 5.11. The van der Waals surface area contributed by atoms with Crippen LogP contribution < -0.4 is 21.0 Å². The molecule has 0 aromatic heterocycles. The molecule has 1 amide bonds. The van der Waals surface area contributed by atoms with Gasteiger partial charge in [0.2, 0.25) is 5.91 Å². The highest BCUT2D eigenvalue weighted by molar-refractivity contribution is 6.88.